The fourth-order valence-electron chi connectivity index (χ4n) is 15.1. The highest BCUT2D eigenvalue weighted by Crippen LogP contribution is 2.57. The summed E-state index contributed by atoms with van der Waals surface area (Å²) in [5.74, 6) is 0. The summed E-state index contributed by atoms with van der Waals surface area (Å²) in [4.78, 5) is 4.90. The van der Waals surface area contributed by atoms with Crippen molar-refractivity contribution in [3.8, 4) is 55.6 Å². The Morgan fingerprint density at radius 2 is 0.488 bits per heavy atom. The Kier molecular flexibility index (Phi) is 10.5. The van der Waals surface area contributed by atoms with E-state index in [1.807, 2.05) is 0 Å². The van der Waals surface area contributed by atoms with Crippen LogP contribution in [0.2, 0.25) is 0 Å². The number of nitrogens with zero attached hydrogens (tertiary/aromatic N) is 2. The van der Waals surface area contributed by atoms with E-state index in [0.29, 0.717) is 0 Å². The number of benzene rings is 14. The number of anilines is 4. The SMILES string of the molecule is CN1c2ccccc2C(C)(C)c2cccc(-c3cccc4c(-c5c6cccc(-c7cccc8ccccc78)c6cc6c(-c7cccc8ccccc78)cccc56)c5cccc(-c6cccc7c6N(C)c6ccccc6C7(C)C)c5cc34)c21. The Bertz CT molecular complexity index is 4720. The quantitative estimate of drug-likeness (QED) is 0.159. The predicted molar refractivity (Wildman–Crippen MR) is 352 cm³/mol. The molecule has 0 atom stereocenters. The molecule has 2 heterocycles. The van der Waals surface area contributed by atoms with Crippen molar-refractivity contribution in [1.29, 1.82) is 0 Å². The summed E-state index contributed by atoms with van der Waals surface area (Å²) in [5.41, 5.74) is 22.2. The molecule has 0 amide bonds. The van der Waals surface area contributed by atoms with Gasteiger partial charge in [-0.2, -0.15) is 0 Å². The van der Waals surface area contributed by atoms with Gasteiger partial charge in [0.25, 0.3) is 0 Å². The first-order valence-electron chi connectivity index (χ1n) is 29.0. The van der Waals surface area contributed by atoms with Crippen LogP contribution < -0.4 is 9.80 Å². The van der Waals surface area contributed by atoms with Crippen LogP contribution in [0.5, 0.6) is 0 Å². The number of para-hydroxylation sites is 4. The van der Waals surface area contributed by atoms with Crippen LogP contribution in [-0.4, -0.2) is 14.1 Å². The smallest absolute Gasteiger partial charge is 0.0529 e. The van der Waals surface area contributed by atoms with Crippen LogP contribution in [0, 0.1) is 0 Å². The lowest BCUT2D eigenvalue weighted by Gasteiger charge is -2.41. The molecule has 390 valence electrons. The summed E-state index contributed by atoms with van der Waals surface area (Å²) in [6.45, 7) is 9.57. The molecule has 0 aromatic heterocycles. The predicted octanol–water partition coefficient (Wildman–Crippen LogP) is 21.8. The van der Waals surface area contributed by atoms with Crippen molar-refractivity contribution in [1.82, 2.24) is 0 Å². The molecule has 82 heavy (non-hydrogen) atoms. The third kappa shape index (κ3) is 6.82. The van der Waals surface area contributed by atoms with Gasteiger partial charge >= 0.3 is 0 Å². The molecule has 0 saturated carbocycles. The molecule has 2 nitrogen and oxygen atoms in total. The monoisotopic (exact) mass is 1050 g/mol. The average molecular weight is 1050 g/mol. The van der Waals surface area contributed by atoms with Crippen LogP contribution in [0.15, 0.2) is 255 Å². The highest BCUT2D eigenvalue weighted by molar-refractivity contribution is 6.29. The van der Waals surface area contributed by atoms with Gasteiger partial charge in [0.2, 0.25) is 0 Å². The maximum atomic E-state index is 2.55. The number of fused-ring (bicyclic) bond motifs is 10. The summed E-state index contributed by atoms with van der Waals surface area (Å²) < 4.78 is 0. The van der Waals surface area contributed by atoms with Crippen molar-refractivity contribution in [2.45, 2.75) is 38.5 Å². The first kappa shape index (κ1) is 48.2. The summed E-state index contributed by atoms with van der Waals surface area (Å²) in [6.07, 6.45) is 0. The molecule has 0 unspecified atom stereocenters. The highest BCUT2D eigenvalue weighted by Gasteiger charge is 2.38. The van der Waals surface area contributed by atoms with Gasteiger partial charge in [-0.1, -0.05) is 258 Å². The van der Waals surface area contributed by atoms with Gasteiger partial charge < -0.3 is 9.80 Å². The molecular formula is C80H60N2. The van der Waals surface area contributed by atoms with E-state index in [-0.39, 0.29) is 10.8 Å². The van der Waals surface area contributed by atoms with Crippen molar-refractivity contribution in [3.63, 3.8) is 0 Å². The normalized spacial score (nSPS) is 14.1. The first-order valence-corrected chi connectivity index (χ1v) is 29.0. The maximum Gasteiger partial charge on any atom is 0.0529 e. The van der Waals surface area contributed by atoms with E-state index in [1.54, 1.807) is 0 Å². The topological polar surface area (TPSA) is 6.48 Å². The van der Waals surface area contributed by atoms with Crippen molar-refractivity contribution in [2.75, 3.05) is 23.9 Å². The zero-order chi connectivity index (χ0) is 55.2. The van der Waals surface area contributed by atoms with Gasteiger partial charge in [0.05, 0.1) is 11.4 Å². The van der Waals surface area contributed by atoms with E-state index in [4.69, 9.17) is 0 Å². The van der Waals surface area contributed by atoms with Crippen LogP contribution in [0.25, 0.3) is 120 Å². The molecule has 14 aromatic carbocycles. The molecule has 2 aliphatic rings. The second kappa shape index (κ2) is 17.9. The second-order valence-corrected chi connectivity index (χ2v) is 24.0. The van der Waals surface area contributed by atoms with Gasteiger partial charge in [0, 0.05) is 47.4 Å². The second-order valence-electron chi connectivity index (χ2n) is 24.0. The number of rotatable bonds is 5. The molecular weight excluding hydrogens is 989 g/mol. The van der Waals surface area contributed by atoms with Crippen LogP contribution in [0.3, 0.4) is 0 Å². The van der Waals surface area contributed by atoms with E-state index in [1.165, 1.54) is 165 Å². The van der Waals surface area contributed by atoms with Crippen LogP contribution in [-0.2, 0) is 10.8 Å². The molecule has 0 spiro atoms. The van der Waals surface area contributed by atoms with E-state index in [9.17, 15) is 0 Å². The van der Waals surface area contributed by atoms with Gasteiger partial charge in [-0.15, -0.1) is 0 Å². The maximum absolute atomic E-state index is 2.55. The largest absolute Gasteiger partial charge is 0.344 e. The van der Waals surface area contributed by atoms with Gasteiger partial charge in [0.15, 0.2) is 0 Å². The summed E-state index contributed by atoms with van der Waals surface area (Å²) in [7, 11) is 4.52. The Balaban J connectivity index is 1.08. The van der Waals surface area contributed by atoms with Gasteiger partial charge in [-0.05, 0) is 156 Å². The molecule has 0 saturated heterocycles. The van der Waals surface area contributed by atoms with Crippen molar-refractivity contribution in [3.05, 3.63) is 277 Å². The fourth-order valence-corrected chi connectivity index (χ4v) is 15.1. The molecule has 0 N–H and O–H groups in total. The molecule has 2 aliphatic heterocycles. The molecule has 16 rings (SSSR count). The van der Waals surface area contributed by atoms with Crippen molar-refractivity contribution < 1.29 is 0 Å². The van der Waals surface area contributed by atoms with Gasteiger partial charge in [0.1, 0.15) is 0 Å². The van der Waals surface area contributed by atoms with E-state index in [2.05, 4.69) is 306 Å². The zero-order valence-corrected chi connectivity index (χ0v) is 47.1. The molecule has 0 aliphatic carbocycles. The third-order valence-corrected chi connectivity index (χ3v) is 19.0. The van der Waals surface area contributed by atoms with Gasteiger partial charge in [-0.25, -0.2) is 0 Å². The summed E-state index contributed by atoms with van der Waals surface area (Å²) in [6, 6.07) is 96.6. The van der Waals surface area contributed by atoms with Crippen LogP contribution >= 0.6 is 0 Å². The third-order valence-electron chi connectivity index (χ3n) is 19.0. The number of hydrogen-bond acceptors (Lipinski definition) is 2. The minimum Gasteiger partial charge on any atom is -0.344 e. The Labute approximate surface area is 479 Å². The minimum absolute atomic E-state index is 0.222. The molecule has 0 bridgehead atoms. The lowest BCUT2D eigenvalue weighted by molar-refractivity contribution is 0.630. The van der Waals surface area contributed by atoms with E-state index < -0.39 is 0 Å². The van der Waals surface area contributed by atoms with E-state index >= 15 is 0 Å². The van der Waals surface area contributed by atoms with Crippen molar-refractivity contribution >= 4 is 87.4 Å². The average Bonchev–Trinajstić information content (AvgIpc) is 1.71. The lowest BCUT2D eigenvalue weighted by Crippen LogP contribution is -2.31. The Morgan fingerprint density at radius 3 is 0.878 bits per heavy atom. The van der Waals surface area contributed by atoms with Gasteiger partial charge in [-0.3, -0.25) is 0 Å². The van der Waals surface area contributed by atoms with Crippen molar-refractivity contribution in [2.24, 2.45) is 0 Å². The van der Waals surface area contributed by atoms with Crippen LogP contribution in [0.4, 0.5) is 22.7 Å². The summed E-state index contributed by atoms with van der Waals surface area (Å²) in [5, 5.41) is 14.8. The first-order chi connectivity index (χ1) is 40.1. The van der Waals surface area contributed by atoms with E-state index in [0.717, 1.165) is 0 Å². The standard InChI is InChI=1S/C80H60N2/c1-79(2)69-41-11-13-45-73(69)81(5)77-63(39-21-43-71(77)79)57-33-19-37-61-67(57)48-68-58(64-40-22-44-72-78(64)82(6)74-46-14-12-42-70(74)80(72,3)4)34-20-38-62(68)76(61)75-59-35-17-31-55(53-29-15-25-49-23-7-9-27-51(49)53)65(59)47-66-56(32-18-36-60(66)75)54-30-16-26-50-24-8-10-28-52(50)54/h7-48H,1-6H3. The fraction of sp³-hybridized carbons (Fsp3) is 0.100. The molecule has 0 radical (unpaired) electrons. The summed E-state index contributed by atoms with van der Waals surface area (Å²) >= 11 is 0. The zero-order valence-electron chi connectivity index (χ0n) is 47.1. The minimum atomic E-state index is -0.222. The Morgan fingerprint density at radius 1 is 0.232 bits per heavy atom. The number of hydrogen-bond donors (Lipinski definition) is 0. The lowest BCUT2D eigenvalue weighted by atomic mass is 9.72. The Hall–Kier alpha value is -9.76. The molecule has 0 fully saturated rings. The van der Waals surface area contributed by atoms with Crippen LogP contribution in [0.1, 0.15) is 49.9 Å². The highest BCUT2D eigenvalue weighted by atomic mass is 15.1. The molecule has 2 heteroatoms. The molecule has 14 aromatic rings.